The highest BCUT2D eigenvalue weighted by molar-refractivity contribution is 7.10. The van der Waals surface area contributed by atoms with Crippen LogP contribution in [0.25, 0.3) is 22.3 Å². The maximum atomic E-state index is 11.7. The van der Waals surface area contributed by atoms with Crippen molar-refractivity contribution < 1.29 is 19.4 Å². The van der Waals surface area contributed by atoms with Crippen molar-refractivity contribution in [1.29, 1.82) is 0 Å². The molecular weight excluding hydrogens is 446 g/mol. The largest absolute Gasteiger partial charge is 0.497 e. The summed E-state index contributed by atoms with van der Waals surface area (Å²) in [7, 11) is 1.65. The average Bonchev–Trinajstić information content (AvgIpc) is 3.46. The first-order valence-corrected chi connectivity index (χ1v) is 11.9. The molecule has 0 amide bonds. The second-order valence-corrected chi connectivity index (χ2v) is 9.27. The van der Waals surface area contributed by atoms with Crippen molar-refractivity contribution in [1.82, 2.24) is 0 Å². The summed E-state index contributed by atoms with van der Waals surface area (Å²) in [5.74, 6) is -0.312. The van der Waals surface area contributed by atoms with Gasteiger partial charge in [0.25, 0.3) is 0 Å². The van der Waals surface area contributed by atoms with Gasteiger partial charge in [0.05, 0.1) is 18.1 Å². The molecular formula is C28H25NO4S. The quantitative estimate of drug-likeness (QED) is 0.371. The van der Waals surface area contributed by atoms with E-state index in [9.17, 15) is 9.90 Å². The number of carbonyl (C=O) groups is 1. The Morgan fingerprint density at radius 3 is 2.06 bits per heavy atom. The van der Waals surface area contributed by atoms with Gasteiger partial charge in [0.15, 0.2) is 5.60 Å². The maximum absolute atomic E-state index is 11.7. The summed E-state index contributed by atoms with van der Waals surface area (Å²) >= 11 is 1.60. The molecule has 3 aromatic carbocycles. The molecule has 4 aromatic rings. The highest BCUT2D eigenvalue weighted by Crippen LogP contribution is 2.56. The fourth-order valence-electron chi connectivity index (χ4n) is 4.75. The summed E-state index contributed by atoms with van der Waals surface area (Å²) in [4.78, 5) is 12.7. The number of thiophene rings is 1. The first kappa shape index (κ1) is 22.3. The molecule has 1 aliphatic rings. The lowest BCUT2D eigenvalue weighted by atomic mass is 9.85. The number of aliphatic carboxylic acids is 1. The van der Waals surface area contributed by atoms with Crippen molar-refractivity contribution >= 4 is 17.3 Å². The van der Waals surface area contributed by atoms with E-state index in [1.54, 1.807) is 25.4 Å². The fraction of sp³-hybridized carbons (Fsp3) is 0.179. The number of carboxylic acids is 1. The number of methoxy groups -OCH3 is 1. The number of hydrogen-bond acceptors (Lipinski definition) is 5. The van der Waals surface area contributed by atoms with Crippen molar-refractivity contribution in [2.75, 3.05) is 7.11 Å². The van der Waals surface area contributed by atoms with Crippen LogP contribution in [-0.4, -0.2) is 30.3 Å². The summed E-state index contributed by atoms with van der Waals surface area (Å²) in [6.45, 7) is 1.73. The molecule has 172 valence electrons. The Labute approximate surface area is 202 Å². The summed E-state index contributed by atoms with van der Waals surface area (Å²) in [6, 6.07) is 25.1. The number of hydrogen-bond donors (Lipinski definition) is 2. The standard InChI is InChI=1S/C28H25NO4S/c1-17(25(29)27(30)31)33-28(23-9-5-3-7-21(23)22-8-4-6-10-24(22)28)26-20(15-16-34-26)18-11-13-19(32-2)14-12-18/h3-17,25H,29H2,1-2H3,(H,30,31)/t17?,25-/m0/s1. The minimum Gasteiger partial charge on any atom is -0.497 e. The van der Waals surface area contributed by atoms with Gasteiger partial charge in [0.2, 0.25) is 0 Å². The zero-order valence-electron chi connectivity index (χ0n) is 18.9. The molecule has 5 nitrogen and oxygen atoms in total. The van der Waals surface area contributed by atoms with Gasteiger partial charge in [0.1, 0.15) is 11.8 Å². The Hall–Kier alpha value is -3.45. The van der Waals surface area contributed by atoms with Crippen molar-refractivity contribution in [3.8, 4) is 28.0 Å². The molecule has 6 heteroatoms. The van der Waals surface area contributed by atoms with Gasteiger partial charge in [-0.1, -0.05) is 60.7 Å². The summed E-state index contributed by atoms with van der Waals surface area (Å²) in [5, 5.41) is 11.6. The van der Waals surface area contributed by atoms with Crippen LogP contribution in [0.3, 0.4) is 0 Å². The third kappa shape index (κ3) is 3.42. The minimum absolute atomic E-state index is 0.748. The molecule has 0 saturated heterocycles. The number of fused-ring (bicyclic) bond motifs is 3. The van der Waals surface area contributed by atoms with Gasteiger partial charge in [-0.05, 0) is 52.8 Å². The van der Waals surface area contributed by atoms with Crippen LogP contribution in [0.15, 0.2) is 84.2 Å². The SMILES string of the molecule is COc1ccc(-c2ccsc2C2(OC(C)[C@H](N)C(=O)O)c3ccccc3-c3ccccc32)cc1. The first-order chi connectivity index (χ1) is 16.5. The molecule has 5 rings (SSSR count). The lowest BCUT2D eigenvalue weighted by Crippen LogP contribution is -2.46. The van der Waals surface area contributed by atoms with Crippen LogP contribution in [0.5, 0.6) is 5.75 Å². The van der Waals surface area contributed by atoms with Crippen LogP contribution in [0.1, 0.15) is 22.9 Å². The molecule has 0 aliphatic heterocycles. The molecule has 1 heterocycles. The van der Waals surface area contributed by atoms with E-state index in [0.717, 1.165) is 44.0 Å². The van der Waals surface area contributed by atoms with E-state index in [2.05, 4.69) is 30.3 Å². The Kier molecular flexibility index (Phi) is 5.73. The topological polar surface area (TPSA) is 81.8 Å². The number of nitrogens with two attached hydrogens (primary N) is 1. The highest BCUT2D eigenvalue weighted by atomic mass is 32.1. The predicted octanol–water partition coefficient (Wildman–Crippen LogP) is 5.51. The number of ether oxygens (including phenoxy) is 2. The number of rotatable bonds is 7. The second kappa shape index (κ2) is 8.72. The van der Waals surface area contributed by atoms with Crippen LogP contribution < -0.4 is 10.5 Å². The van der Waals surface area contributed by atoms with E-state index >= 15 is 0 Å². The maximum Gasteiger partial charge on any atom is 0.323 e. The third-order valence-corrected chi connectivity index (χ3v) is 7.46. The number of benzene rings is 3. The lowest BCUT2D eigenvalue weighted by molar-refractivity contribution is -0.144. The normalized spacial score (nSPS) is 15.3. The van der Waals surface area contributed by atoms with E-state index in [1.165, 1.54) is 0 Å². The van der Waals surface area contributed by atoms with Crippen LogP contribution >= 0.6 is 11.3 Å². The van der Waals surface area contributed by atoms with E-state index in [-0.39, 0.29) is 0 Å². The Balaban J connectivity index is 1.77. The Morgan fingerprint density at radius 2 is 1.50 bits per heavy atom. The number of carboxylic acid groups (broad SMARTS) is 1. The van der Waals surface area contributed by atoms with Gasteiger partial charge in [-0.25, -0.2) is 0 Å². The molecule has 0 saturated carbocycles. The zero-order valence-corrected chi connectivity index (χ0v) is 19.7. The van der Waals surface area contributed by atoms with E-state index in [4.69, 9.17) is 15.2 Å². The molecule has 0 radical (unpaired) electrons. The molecule has 0 fully saturated rings. The molecule has 1 unspecified atom stereocenters. The van der Waals surface area contributed by atoms with Crippen LogP contribution in [0.4, 0.5) is 0 Å². The minimum atomic E-state index is -1.17. The molecule has 1 aromatic heterocycles. The molecule has 0 spiro atoms. The molecule has 1 aliphatic carbocycles. The zero-order chi connectivity index (χ0) is 23.9. The predicted molar refractivity (Wildman–Crippen MR) is 134 cm³/mol. The smallest absolute Gasteiger partial charge is 0.323 e. The summed E-state index contributed by atoms with van der Waals surface area (Å²) < 4.78 is 12.1. The lowest BCUT2D eigenvalue weighted by Gasteiger charge is -2.36. The van der Waals surface area contributed by atoms with Gasteiger partial charge in [-0.3, -0.25) is 4.79 Å². The van der Waals surface area contributed by atoms with Crippen LogP contribution in [0, 0.1) is 0 Å². The first-order valence-electron chi connectivity index (χ1n) is 11.1. The van der Waals surface area contributed by atoms with Crippen LogP contribution in [0.2, 0.25) is 0 Å². The highest BCUT2D eigenvalue weighted by Gasteiger charge is 2.49. The fourth-order valence-corrected chi connectivity index (χ4v) is 5.84. The monoisotopic (exact) mass is 471 g/mol. The van der Waals surface area contributed by atoms with Gasteiger partial charge in [-0.2, -0.15) is 0 Å². The molecule has 0 bridgehead atoms. The van der Waals surface area contributed by atoms with Crippen molar-refractivity contribution in [3.05, 3.63) is 100 Å². The summed E-state index contributed by atoms with van der Waals surface area (Å²) in [6.07, 6.45) is -0.748. The molecule has 3 N–H and O–H groups in total. The second-order valence-electron chi connectivity index (χ2n) is 8.35. The van der Waals surface area contributed by atoms with Gasteiger partial charge in [-0.15, -0.1) is 11.3 Å². The Morgan fingerprint density at radius 1 is 0.912 bits per heavy atom. The molecule has 34 heavy (non-hydrogen) atoms. The van der Waals surface area contributed by atoms with Crippen molar-refractivity contribution in [2.45, 2.75) is 24.7 Å². The van der Waals surface area contributed by atoms with Gasteiger partial charge < -0.3 is 20.3 Å². The van der Waals surface area contributed by atoms with Crippen molar-refractivity contribution in [3.63, 3.8) is 0 Å². The van der Waals surface area contributed by atoms with E-state index < -0.39 is 23.7 Å². The van der Waals surface area contributed by atoms with Gasteiger partial charge >= 0.3 is 5.97 Å². The van der Waals surface area contributed by atoms with Gasteiger partial charge in [0, 0.05) is 11.1 Å². The van der Waals surface area contributed by atoms with Crippen molar-refractivity contribution in [2.24, 2.45) is 5.73 Å². The Bertz CT molecular complexity index is 1300. The summed E-state index contributed by atoms with van der Waals surface area (Å²) in [5.41, 5.74) is 11.2. The molecule has 2 atom stereocenters. The van der Waals surface area contributed by atoms with E-state index in [1.807, 2.05) is 53.9 Å². The third-order valence-electron chi connectivity index (χ3n) is 6.44. The van der Waals surface area contributed by atoms with E-state index in [0.29, 0.717) is 0 Å². The average molecular weight is 472 g/mol. The van der Waals surface area contributed by atoms with Crippen LogP contribution in [-0.2, 0) is 15.1 Å².